The van der Waals surface area contributed by atoms with Crippen molar-refractivity contribution in [2.24, 2.45) is 0 Å². The van der Waals surface area contributed by atoms with Crippen molar-refractivity contribution in [3.05, 3.63) is 11.8 Å². The fourth-order valence-corrected chi connectivity index (χ4v) is 2.58. The zero-order chi connectivity index (χ0) is 18.6. The number of morpholine rings is 1. The Morgan fingerprint density at radius 1 is 1.44 bits per heavy atom. The molecule has 0 aliphatic carbocycles. The van der Waals surface area contributed by atoms with E-state index >= 15 is 0 Å². The van der Waals surface area contributed by atoms with Gasteiger partial charge in [0, 0.05) is 38.4 Å². The number of carboxylic acids is 1. The summed E-state index contributed by atoms with van der Waals surface area (Å²) in [6.45, 7) is 5.38. The number of nitrogens with zero attached hydrogens (tertiary/aromatic N) is 4. The van der Waals surface area contributed by atoms with Crippen LogP contribution in [-0.2, 0) is 14.9 Å². The van der Waals surface area contributed by atoms with Crippen LogP contribution in [0.15, 0.2) is 6.20 Å². The molecule has 0 spiro atoms. The molecule has 1 unspecified atom stereocenters. The lowest BCUT2D eigenvalue weighted by Crippen LogP contribution is -2.40. The predicted molar refractivity (Wildman–Crippen MR) is 92.1 cm³/mol. The highest BCUT2D eigenvalue weighted by Gasteiger charge is 2.35. The molecule has 9 nitrogen and oxygen atoms in total. The molecule has 0 aromatic carbocycles. The number of ether oxygens (including phenoxy) is 1. The fourth-order valence-electron chi connectivity index (χ4n) is 2.58. The van der Waals surface area contributed by atoms with Gasteiger partial charge in [-0.25, -0.2) is 4.98 Å². The van der Waals surface area contributed by atoms with Crippen molar-refractivity contribution < 1.29 is 24.9 Å². The quantitative estimate of drug-likeness (QED) is 0.593. The summed E-state index contributed by atoms with van der Waals surface area (Å²) in [6, 6.07) is 0. The van der Waals surface area contributed by atoms with Crippen molar-refractivity contribution in [2.45, 2.75) is 25.4 Å². The van der Waals surface area contributed by atoms with Gasteiger partial charge in [-0.2, -0.15) is 4.98 Å². The molecule has 1 aliphatic heterocycles. The minimum atomic E-state index is -1.14. The number of rotatable bonds is 7. The van der Waals surface area contributed by atoms with Crippen molar-refractivity contribution in [3.63, 3.8) is 0 Å². The van der Waals surface area contributed by atoms with Gasteiger partial charge in [-0.1, -0.05) is 0 Å². The van der Waals surface area contributed by atoms with Crippen LogP contribution in [-0.4, -0.2) is 83.9 Å². The van der Waals surface area contributed by atoms with Crippen molar-refractivity contribution >= 4 is 17.7 Å². The van der Waals surface area contributed by atoms with Crippen LogP contribution in [0.2, 0.25) is 0 Å². The van der Waals surface area contributed by atoms with Gasteiger partial charge in [-0.05, 0) is 13.8 Å². The lowest BCUT2D eigenvalue weighted by molar-refractivity contribution is -0.142. The SMILES string of the molecule is CN(CC(O)CO)c1ncc(C(C)(C)C(=O)O)c(N2CCOCC2)n1. The van der Waals surface area contributed by atoms with Crippen molar-refractivity contribution in [1.82, 2.24) is 9.97 Å². The molecular weight excluding hydrogens is 328 g/mol. The van der Waals surface area contributed by atoms with Gasteiger partial charge in [0.1, 0.15) is 5.82 Å². The van der Waals surface area contributed by atoms with E-state index in [1.54, 1.807) is 25.8 Å². The highest BCUT2D eigenvalue weighted by Crippen LogP contribution is 2.32. The Balaban J connectivity index is 2.41. The highest BCUT2D eigenvalue weighted by molar-refractivity contribution is 5.82. The van der Waals surface area contributed by atoms with E-state index in [9.17, 15) is 15.0 Å². The average molecular weight is 354 g/mol. The van der Waals surface area contributed by atoms with Crippen molar-refractivity contribution in [3.8, 4) is 0 Å². The largest absolute Gasteiger partial charge is 0.481 e. The third kappa shape index (κ3) is 4.36. The number of hydrogen-bond acceptors (Lipinski definition) is 8. The molecule has 2 heterocycles. The van der Waals surface area contributed by atoms with Gasteiger partial charge in [0.2, 0.25) is 5.95 Å². The topological polar surface area (TPSA) is 119 Å². The molecule has 3 N–H and O–H groups in total. The Morgan fingerprint density at radius 2 is 2.08 bits per heavy atom. The van der Waals surface area contributed by atoms with E-state index in [1.807, 2.05) is 4.90 Å². The maximum Gasteiger partial charge on any atom is 0.313 e. The summed E-state index contributed by atoms with van der Waals surface area (Å²) in [5.74, 6) is -0.0348. The zero-order valence-corrected chi connectivity index (χ0v) is 14.8. The smallest absolute Gasteiger partial charge is 0.313 e. The number of hydrogen-bond donors (Lipinski definition) is 3. The molecule has 1 aromatic rings. The molecule has 1 atom stereocenters. The number of aliphatic hydroxyl groups is 2. The number of carboxylic acid groups (broad SMARTS) is 1. The Kier molecular flexibility index (Phi) is 6.15. The first-order valence-electron chi connectivity index (χ1n) is 8.21. The number of anilines is 2. The molecule has 0 amide bonds. The molecule has 0 bridgehead atoms. The van der Waals surface area contributed by atoms with Gasteiger partial charge in [0.25, 0.3) is 0 Å². The van der Waals surface area contributed by atoms with Crippen LogP contribution in [0, 0.1) is 0 Å². The monoisotopic (exact) mass is 354 g/mol. The predicted octanol–water partition coefficient (Wildman–Crippen LogP) is -0.535. The molecule has 25 heavy (non-hydrogen) atoms. The van der Waals surface area contributed by atoms with Crippen LogP contribution in [0.25, 0.3) is 0 Å². The van der Waals surface area contributed by atoms with E-state index in [4.69, 9.17) is 9.84 Å². The summed E-state index contributed by atoms with van der Waals surface area (Å²) in [5, 5.41) is 28.2. The molecule has 1 fully saturated rings. The Hall–Kier alpha value is -1.97. The minimum Gasteiger partial charge on any atom is -0.481 e. The molecule has 9 heteroatoms. The molecule has 0 saturated carbocycles. The number of aromatic nitrogens is 2. The number of carbonyl (C=O) groups is 1. The molecule has 1 saturated heterocycles. The van der Waals surface area contributed by atoms with Crippen molar-refractivity contribution in [1.29, 1.82) is 0 Å². The van der Waals surface area contributed by atoms with Crippen LogP contribution in [0.3, 0.4) is 0 Å². The molecule has 2 rings (SSSR count). The first-order chi connectivity index (χ1) is 11.8. The highest BCUT2D eigenvalue weighted by atomic mass is 16.5. The molecule has 1 aromatic heterocycles. The molecule has 0 radical (unpaired) electrons. The second-order valence-corrected chi connectivity index (χ2v) is 6.65. The number of aliphatic carboxylic acids is 1. The van der Waals surface area contributed by atoms with Crippen LogP contribution >= 0.6 is 0 Å². The van der Waals surface area contributed by atoms with E-state index in [2.05, 4.69) is 9.97 Å². The van der Waals surface area contributed by atoms with E-state index in [-0.39, 0.29) is 13.2 Å². The van der Waals surface area contributed by atoms with E-state index in [1.165, 1.54) is 6.20 Å². The maximum atomic E-state index is 11.7. The molecular formula is C16H26N4O5. The lowest BCUT2D eigenvalue weighted by Gasteiger charge is -2.33. The van der Waals surface area contributed by atoms with Crippen LogP contribution < -0.4 is 9.80 Å². The summed E-state index contributed by atoms with van der Waals surface area (Å²) in [6.07, 6.45) is 0.624. The van der Waals surface area contributed by atoms with Gasteiger partial charge in [0.05, 0.1) is 31.3 Å². The summed E-state index contributed by atoms with van der Waals surface area (Å²) in [5.41, 5.74) is -0.614. The van der Waals surface area contributed by atoms with Gasteiger partial charge in [-0.3, -0.25) is 4.79 Å². The Labute approximate surface area is 146 Å². The van der Waals surface area contributed by atoms with E-state index in [0.717, 1.165) is 0 Å². The lowest BCUT2D eigenvalue weighted by atomic mass is 9.85. The fraction of sp³-hybridized carbons (Fsp3) is 0.688. The van der Waals surface area contributed by atoms with Gasteiger partial charge in [0.15, 0.2) is 0 Å². The van der Waals surface area contributed by atoms with Crippen LogP contribution in [0.1, 0.15) is 19.4 Å². The summed E-state index contributed by atoms with van der Waals surface area (Å²) in [4.78, 5) is 24.1. The first kappa shape index (κ1) is 19.4. The first-order valence-corrected chi connectivity index (χ1v) is 8.21. The maximum absolute atomic E-state index is 11.7. The number of likely N-dealkylation sites (N-methyl/N-ethyl adjacent to an activating group) is 1. The average Bonchev–Trinajstić information content (AvgIpc) is 2.61. The van der Waals surface area contributed by atoms with Crippen LogP contribution in [0.5, 0.6) is 0 Å². The Bertz CT molecular complexity index is 604. The third-order valence-electron chi connectivity index (χ3n) is 4.31. The van der Waals surface area contributed by atoms with E-state index in [0.29, 0.717) is 43.6 Å². The van der Waals surface area contributed by atoms with Gasteiger partial charge >= 0.3 is 5.97 Å². The normalized spacial score (nSPS) is 16.6. The van der Waals surface area contributed by atoms with Crippen LogP contribution in [0.4, 0.5) is 11.8 Å². The second kappa shape index (κ2) is 7.94. The van der Waals surface area contributed by atoms with Gasteiger partial charge < -0.3 is 29.9 Å². The van der Waals surface area contributed by atoms with E-state index < -0.39 is 17.5 Å². The Morgan fingerprint density at radius 3 is 2.64 bits per heavy atom. The van der Waals surface area contributed by atoms with Gasteiger partial charge in [-0.15, -0.1) is 0 Å². The summed E-state index contributed by atoms with van der Waals surface area (Å²) < 4.78 is 5.37. The summed E-state index contributed by atoms with van der Waals surface area (Å²) >= 11 is 0. The summed E-state index contributed by atoms with van der Waals surface area (Å²) in [7, 11) is 1.71. The standard InChI is InChI=1S/C16H26N4O5/c1-16(2,14(23)24)12-8-17-15(19(3)9-11(22)10-21)18-13(12)20-4-6-25-7-5-20/h8,11,21-22H,4-7,9-10H2,1-3H3,(H,23,24). The second-order valence-electron chi connectivity index (χ2n) is 6.65. The number of aliphatic hydroxyl groups excluding tert-OH is 2. The molecule has 140 valence electrons. The third-order valence-corrected chi connectivity index (χ3v) is 4.31. The minimum absolute atomic E-state index is 0.167. The molecule has 1 aliphatic rings. The van der Waals surface area contributed by atoms with Crippen molar-refractivity contribution in [2.75, 3.05) is 56.3 Å². The zero-order valence-electron chi connectivity index (χ0n) is 14.8.